The summed E-state index contributed by atoms with van der Waals surface area (Å²) < 4.78 is 44.7. The Hall–Kier alpha value is -1.98. The first-order valence-electron chi connectivity index (χ1n) is 16.8. The van der Waals surface area contributed by atoms with Crippen molar-refractivity contribution < 1.29 is 109 Å². The summed E-state index contributed by atoms with van der Waals surface area (Å²) in [5.41, 5.74) is 0.576. The lowest BCUT2D eigenvalue weighted by Gasteiger charge is -2.46. The maximum absolute atomic E-state index is 11.0. The van der Waals surface area contributed by atoms with Gasteiger partial charge in [-0.3, -0.25) is 0 Å². The molecule has 0 bridgehead atoms. The molecule has 4 aliphatic rings. The van der Waals surface area contributed by atoms with Crippen molar-refractivity contribution in [2.75, 3.05) is 26.4 Å². The summed E-state index contributed by atoms with van der Waals surface area (Å²) in [6.45, 7) is -1.55. The molecule has 4 saturated heterocycles. The van der Waals surface area contributed by atoms with E-state index in [0.717, 1.165) is 0 Å². The number of aryl methyl sites for hydroxylation is 1. The lowest BCUT2D eigenvalue weighted by atomic mass is 9.97. The molecule has 0 amide bonds. The number of rotatable bonds is 12. The average Bonchev–Trinajstić information content (AvgIpc) is 3.15. The highest BCUT2D eigenvalue weighted by Gasteiger charge is 2.53. The second-order valence-corrected chi connectivity index (χ2v) is 13.2. The van der Waals surface area contributed by atoms with E-state index in [-0.39, 0.29) is 11.5 Å². The standard InChI is InChI=1S/C31H48O22/c1-9-2-3-10(46-28-24(44)20(40)26(14(7-34)50-28)52-30-22(42)18(38)16(36)12(5-32)48-30)11(4-9)47-29-25(45)21(41)27(15(8-35)51-29)53-31-23(43)19(39)17(37)13(6-33)49-31/h2-4,12-45H,5-8H2,1H3. The third-order valence-electron chi connectivity index (χ3n) is 9.51. The Bertz CT molecular complexity index is 1300. The summed E-state index contributed by atoms with van der Waals surface area (Å²) in [5, 5.41) is 144. The fourth-order valence-electron chi connectivity index (χ4n) is 6.36. The molecule has 4 aliphatic heterocycles. The van der Waals surface area contributed by atoms with Gasteiger partial charge >= 0.3 is 0 Å². The molecule has 0 spiro atoms. The Morgan fingerprint density at radius 1 is 0.434 bits per heavy atom. The van der Waals surface area contributed by atoms with Gasteiger partial charge in [-0.2, -0.15) is 0 Å². The maximum atomic E-state index is 11.0. The van der Waals surface area contributed by atoms with E-state index in [1.807, 2.05) is 0 Å². The van der Waals surface area contributed by atoms with Crippen LogP contribution in [0.4, 0.5) is 0 Å². The molecule has 0 saturated carbocycles. The minimum atomic E-state index is -1.92. The highest BCUT2D eigenvalue weighted by atomic mass is 16.8. The quantitative estimate of drug-likeness (QED) is 0.0938. The predicted octanol–water partition coefficient (Wildman–Crippen LogP) is -8.00. The number of ether oxygens (including phenoxy) is 8. The van der Waals surface area contributed by atoms with Crippen molar-refractivity contribution in [3.63, 3.8) is 0 Å². The first kappa shape index (κ1) is 42.2. The van der Waals surface area contributed by atoms with Crippen LogP contribution in [0, 0.1) is 6.92 Å². The zero-order valence-electron chi connectivity index (χ0n) is 28.1. The van der Waals surface area contributed by atoms with E-state index in [1.54, 1.807) is 13.0 Å². The van der Waals surface area contributed by atoms with Gasteiger partial charge in [0.25, 0.3) is 0 Å². The van der Waals surface area contributed by atoms with Gasteiger partial charge < -0.3 is 109 Å². The summed E-state index contributed by atoms with van der Waals surface area (Å²) in [6.07, 6.45) is -34.2. The Labute approximate surface area is 301 Å². The van der Waals surface area contributed by atoms with Gasteiger partial charge in [-0.05, 0) is 24.6 Å². The van der Waals surface area contributed by atoms with Crippen molar-refractivity contribution in [1.82, 2.24) is 0 Å². The number of aliphatic hydroxyl groups is 14. The van der Waals surface area contributed by atoms with Crippen LogP contribution in [-0.4, -0.2) is 221 Å². The van der Waals surface area contributed by atoms with E-state index in [0.29, 0.717) is 5.56 Å². The van der Waals surface area contributed by atoms with E-state index in [9.17, 15) is 71.5 Å². The van der Waals surface area contributed by atoms with Crippen molar-refractivity contribution in [3.05, 3.63) is 23.8 Å². The minimum Gasteiger partial charge on any atom is -0.458 e. The number of benzene rings is 1. The third-order valence-corrected chi connectivity index (χ3v) is 9.51. The Balaban J connectivity index is 1.28. The number of hydrogen-bond donors (Lipinski definition) is 14. The van der Waals surface area contributed by atoms with Crippen LogP contribution < -0.4 is 9.47 Å². The van der Waals surface area contributed by atoms with E-state index in [2.05, 4.69) is 0 Å². The van der Waals surface area contributed by atoms with Gasteiger partial charge in [0.2, 0.25) is 12.6 Å². The highest BCUT2D eigenvalue weighted by molar-refractivity contribution is 5.43. The summed E-state index contributed by atoms with van der Waals surface area (Å²) in [6, 6.07) is 4.32. The number of aliphatic hydroxyl groups excluding tert-OH is 14. The fraction of sp³-hybridized carbons (Fsp3) is 0.806. The molecular formula is C31H48O22. The lowest BCUT2D eigenvalue weighted by Crippen LogP contribution is -2.65. The predicted molar refractivity (Wildman–Crippen MR) is 165 cm³/mol. The molecule has 5 rings (SSSR count). The van der Waals surface area contributed by atoms with Crippen LogP contribution >= 0.6 is 0 Å². The summed E-state index contributed by atoms with van der Waals surface area (Å²) in [5.74, 6) is -0.348. The zero-order chi connectivity index (χ0) is 38.9. The van der Waals surface area contributed by atoms with Gasteiger partial charge in [-0.25, -0.2) is 0 Å². The molecule has 0 aliphatic carbocycles. The molecule has 4 heterocycles. The van der Waals surface area contributed by atoms with Crippen LogP contribution in [0.3, 0.4) is 0 Å². The zero-order valence-corrected chi connectivity index (χ0v) is 28.1. The highest BCUT2D eigenvalue weighted by Crippen LogP contribution is 2.37. The van der Waals surface area contributed by atoms with Crippen LogP contribution in [-0.2, 0) is 28.4 Å². The Morgan fingerprint density at radius 2 is 0.792 bits per heavy atom. The molecule has 20 unspecified atom stereocenters. The van der Waals surface area contributed by atoms with Crippen LogP contribution in [0.2, 0.25) is 0 Å². The molecule has 20 atom stereocenters. The molecule has 1 aromatic carbocycles. The normalized spacial score (nSPS) is 46.5. The van der Waals surface area contributed by atoms with Gasteiger partial charge in [0.1, 0.15) is 97.7 Å². The van der Waals surface area contributed by atoms with Gasteiger partial charge in [0.15, 0.2) is 24.1 Å². The van der Waals surface area contributed by atoms with Gasteiger partial charge in [-0.1, -0.05) is 6.07 Å². The first-order valence-corrected chi connectivity index (χ1v) is 16.8. The van der Waals surface area contributed by atoms with Crippen LogP contribution in [0.1, 0.15) is 5.56 Å². The van der Waals surface area contributed by atoms with E-state index >= 15 is 0 Å². The van der Waals surface area contributed by atoms with Gasteiger partial charge in [0.05, 0.1) is 26.4 Å². The lowest BCUT2D eigenvalue weighted by molar-refractivity contribution is -0.353. The SMILES string of the molecule is Cc1ccc(OC2OC(CO)C(OC3OC(CO)C(O)C(O)C3O)C(O)C2O)c(OC2OC(CO)C(OC3OC(CO)C(O)C(O)C3O)C(O)C2O)c1. The van der Waals surface area contributed by atoms with Gasteiger partial charge in [-0.15, -0.1) is 0 Å². The van der Waals surface area contributed by atoms with E-state index < -0.39 is 149 Å². The molecular weight excluding hydrogens is 724 g/mol. The molecule has 53 heavy (non-hydrogen) atoms. The van der Waals surface area contributed by atoms with Crippen molar-refractivity contribution >= 4 is 0 Å². The van der Waals surface area contributed by atoms with Crippen LogP contribution in [0.15, 0.2) is 18.2 Å². The average molecular weight is 773 g/mol. The fourth-order valence-corrected chi connectivity index (χ4v) is 6.36. The monoisotopic (exact) mass is 772 g/mol. The molecule has 1 aromatic rings. The summed E-state index contributed by atoms with van der Waals surface area (Å²) >= 11 is 0. The second-order valence-electron chi connectivity index (χ2n) is 13.2. The second kappa shape index (κ2) is 17.9. The van der Waals surface area contributed by atoms with Crippen molar-refractivity contribution in [1.29, 1.82) is 0 Å². The molecule has 0 aromatic heterocycles. The van der Waals surface area contributed by atoms with E-state index in [1.165, 1.54) is 12.1 Å². The molecule has 304 valence electrons. The van der Waals surface area contributed by atoms with Gasteiger partial charge in [0, 0.05) is 0 Å². The topological polar surface area (TPSA) is 357 Å². The molecule has 22 heteroatoms. The van der Waals surface area contributed by atoms with Crippen LogP contribution in [0.25, 0.3) is 0 Å². The smallest absolute Gasteiger partial charge is 0.229 e. The van der Waals surface area contributed by atoms with Crippen molar-refractivity contribution in [3.8, 4) is 11.5 Å². The summed E-state index contributed by atoms with van der Waals surface area (Å²) in [7, 11) is 0. The largest absolute Gasteiger partial charge is 0.458 e. The molecule has 4 fully saturated rings. The molecule has 14 N–H and O–H groups in total. The maximum Gasteiger partial charge on any atom is 0.229 e. The van der Waals surface area contributed by atoms with Crippen molar-refractivity contribution in [2.45, 2.75) is 130 Å². The number of hydrogen-bond acceptors (Lipinski definition) is 22. The summed E-state index contributed by atoms with van der Waals surface area (Å²) in [4.78, 5) is 0. The molecule has 0 radical (unpaired) electrons. The Kier molecular flexibility index (Phi) is 14.2. The van der Waals surface area contributed by atoms with Crippen LogP contribution in [0.5, 0.6) is 11.5 Å². The Morgan fingerprint density at radius 3 is 1.19 bits per heavy atom. The molecule has 22 nitrogen and oxygen atoms in total. The minimum absolute atomic E-state index is 0.170. The van der Waals surface area contributed by atoms with Crippen molar-refractivity contribution in [2.24, 2.45) is 0 Å². The first-order chi connectivity index (χ1) is 25.1. The van der Waals surface area contributed by atoms with E-state index in [4.69, 9.17) is 37.9 Å². The third kappa shape index (κ3) is 8.72.